The molecule has 0 saturated carbocycles. The molecule has 2 aromatic carbocycles. The summed E-state index contributed by atoms with van der Waals surface area (Å²) in [5.74, 6) is -2.14. The van der Waals surface area contributed by atoms with Gasteiger partial charge in [0.2, 0.25) is 5.91 Å². The Hall–Kier alpha value is -3.69. The van der Waals surface area contributed by atoms with Gasteiger partial charge < -0.3 is 5.32 Å². The molecule has 28 heavy (non-hydrogen) atoms. The summed E-state index contributed by atoms with van der Waals surface area (Å²) in [6.45, 7) is 1.09. The van der Waals surface area contributed by atoms with Crippen LogP contribution < -0.4 is 10.9 Å². The predicted octanol–water partition coefficient (Wildman–Crippen LogP) is 2.46. The number of benzene rings is 2. The molecule has 10 heteroatoms. The Bertz CT molecular complexity index is 1150. The topological polar surface area (TPSA) is 107 Å². The molecule has 0 spiro atoms. The zero-order valence-corrected chi connectivity index (χ0v) is 14.6. The summed E-state index contributed by atoms with van der Waals surface area (Å²) in [7, 11) is 0. The van der Waals surface area contributed by atoms with Gasteiger partial charge in [-0.1, -0.05) is 6.07 Å². The van der Waals surface area contributed by atoms with Gasteiger partial charge in [0.25, 0.3) is 11.2 Å². The molecule has 8 nitrogen and oxygen atoms in total. The van der Waals surface area contributed by atoms with Crippen molar-refractivity contribution in [1.29, 1.82) is 0 Å². The van der Waals surface area contributed by atoms with E-state index in [-0.39, 0.29) is 22.2 Å². The van der Waals surface area contributed by atoms with Crippen LogP contribution in [0.4, 0.5) is 14.5 Å². The number of fused-ring (bicyclic) bond motifs is 1. The zero-order valence-electron chi connectivity index (χ0n) is 14.6. The molecule has 0 unspecified atom stereocenters. The van der Waals surface area contributed by atoms with Crippen molar-refractivity contribution in [2.75, 3.05) is 0 Å². The molecule has 3 rings (SSSR count). The molecule has 1 N–H and O–H groups in total. The van der Waals surface area contributed by atoms with Crippen molar-refractivity contribution in [2.45, 2.75) is 19.5 Å². The number of nitro benzene ring substituents is 1. The third-order valence-corrected chi connectivity index (χ3v) is 4.14. The fourth-order valence-electron chi connectivity index (χ4n) is 2.75. The molecule has 0 saturated heterocycles. The second-order valence-corrected chi connectivity index (χ2v) is 6.09. The average Bonchev–Trinajstić information content (AvgIpc) is 2.63. The van der Waals surface area contributed by atoms with E-state index in [1.165, 1.54) is 25.1 Å². The van der Waals surface area contributed by atoms with Crippen LogP contribution in [0.5, 0.6) is 0 Å². The average molecular weight is 388 g/mol. The van der Waals surface area contributed by atoms with E-state index >= 15 is 0 Å². The van der Waals surface area contributed by atoms with Crippen LogP contribution in [0.25, 0.3) is 10.9 Å². The standard InChI is InChI=1S/C18H14F2N4O4/c1-10(13-4-2-11(19)6-15(13)20)22-17(25)8-23-9-21-16-5-3-12(24(27)28)7-14(16)18(23)26/h2-7,9-10H,8H2,1H3,(H,22,25)/t10-/m1/s1. The molecule has 0 aliphatic carbocycles. The number of hydrogen-bond donors (Lipinski definition) is 1. The summed E-state index contributed by atoms with van der Waals surface area (Å²) in [4.78, 5) is 39.0. The minimum atomic E-state index is -0.801. The maximum absolute atomic E-state index is 13.8. The van der Waals surface area contributed by atoms with Gasteiger partial charge in [0, 0.05) is 23.8 Å². The molecule has 3 aromatic rings. The van der Waals surface area contributed by atoms with E-state index in [1.54, 1.807) is 0 Å². The Labute approximate surface area is 156 Å². The van der Waals surface area contributed by atoms with Crippen molar-refractivity contribution in [1.82, 2.24) is 14.9 Å². The highest BCUT2D eigenvalue weighted by molar-refractivity contribution is 5.81. The van der Waals surface area contributed by atoms with E-state index in [4.69, 9.17) is 0 Å². The van der Waals surface area contributed by atoms with E-state index in [0.717, 1.165) is 23.0 Å². The summed E-state index contributed by atoms with van der Waals surface area (Å²) in [5.41, 5.74) is -0.540. The van der Waals surface area contributed by atoms with Crippen LogP contribution in [-0.4, -0.2) is 20.4 Å². The normalized spacial score (nSPS) is 12.0. The number of amides is 1. The lowest BCUT2D eigenvalue weighted by atomic mass is 10.1. The first-order valence-corrected chi connectivity index (χ1v) is 8.14. The van der Waals surface area contributed by atoms with Crippen LogP contribution in [-0.2, 0) is 11.3 Å². The number of carbonyl (C=O) groups excluding carboxylic acids is 1. The molecular formula is C18H14F2N4O4. The summed E-state index contributed by atoms with van der Waals surface area (Å²) in [6, 6.07) is 5.91. The van der Waals surface area contributed by atoms with Gasteiger partial charge in [0.1, 0.15) is 18.2 Å². The van der Waals surface area contributed by atoms with E-state index in [1.807, 2.05) is 0 Å². The van der Waals surface area contributed by atoms with E-state index < -0.39 is 40.6 Å². The number of hydrogen-bond acceptors (Lipinski definition) is 5. The number of carbonyl (C=O) groups is 1. The fourth-order valence-corrected chi connectivity index (χ4v) is 2.75. The summed E-state index contributed by atoms with van der Waals surface area (Å²) in [5, 5.41) is 13.4. The lowest BCUT2D eigenvalue weighted by Crippen LogP contribution is -2.34. The monoisotopic (exact) mass is 388 g/mol. The Morgan fingerprint density at radius 3 is 2.71 bits per heavy atom. The lowest BCUT2D eigenvalue weighted by Gasteiger charge is -2.15. The van der Waals surface area contributed by atoms with E-state index in [2.05, 4.69) is 10.3 Å². The number of halogens is 2. The van der Waals surface area contributed by atoms with Gasteiger partial charge in [-0.2, -0.15) is 0 Å². The molecular weight excluding hydrogens is 374 g/mol. The number of aromatic nitrogens is 2. The van der Waals surface area contributed by atoms with Gasteiger partial charge in [-0.15, -0.1) is 0 Å². The van der Waals surface area contributed by atoms with Crippen molar-refractivity contribution in [3.8, 4) is 0 Å². The minimum absolute atomic E-state index is 0.00197. The van der Waals surface area contributed by atoms with Crippen molar-refractivity contribution in [2.24, 2.45) is 0 Å². The maximum Gasteiger partial charge on any atom is 0.270 e. The molecule has 1 amide bonds. The fraction of sp³-hybridized carbons (Fsp3) is 0.167. The highest BCUT2D eigenvalue weighted by Gasteiger charge is 2.16. The van der Waals surface area contributed by atoms with Gasteiger partial charge in [-0.25, -0.2) is 13.8 Å². The quantitative estimate of drug-likeness (QED) is 0.534. The second kappa shape index (κ2) is 7.51. The lowest BCUT2D eigenvalue weighted by molar-refractivity contribution is -0.384. The Balaban J connectivity index is 1.81. The van der Waals surface area contributed by atoms with Crippen molar-refractivity contribution in [3.63, 3.8) is 0 Å². The van der Waals surface area contributed by atoms with Crippen molar-refractivity contribution in [3.05, 3.63) is 80.4 Å². The second-order valence-electron chi connectivity index (χ2n) is 6.09. The summed E-state index contributed by atoms with van der Waals surface area (Å²) in [6.07, 6.45) is 1.15. The van der Waals surface area contributed by atoms with Crippen LogP contribution in [0, 0.1) is 21.7 Å². The minimum Gasteiger partial charge on any atom is -0.348 e. The molecule has 0 radical (unpaired) electrons. The Morgan fingerprint density at radius 2 is 2.04 bits per heavy atom. The third-order valence-electron chi connectivity index (χ3n) is 4.14. The van der Waals surface area contributed by atoms with Crippen LogP contribution in [0.15, 0.2) is 47.5 Å². The first kappa shape index (κ1) is 19.1. The number of nitrogens with zero attached hydrogens (tertiary/aromatic N) is 3. The summed E-state index contributed by atoms with van der Waals surface area (Å²) < 4.78 is 27.8. The molecule has 144 valence electrons. The Morgan fingerprint density at radius 1 is 1.29 bits per heavy atom. The third kappa shape index (κ3) is 3.85. The molecule has 0 aliphatic heterocycles. The van der Waals surface area contributed by atoms with Gasteiger partial charge in [0.05, 0.1) is 28.2 Å². The highest BCUT2D eigenvalue weighted by Crippen LogP contribution is 2.18. The molecule has 1 heterocycles. The van der Waals surface area contributed by atoms with Gasteiger partial charge in [-0.3, -0.25) is 24.3 Å². The molecule has 0 aliphatic rings. The smallest absolute Gasteiger partial charge is 0.270 e. The number of nitrogens with one attached hydrogen (secondary N) is 1. The SMILES string of the molecule is C[C@@H](NC(=O)Cn1cnc2ccc([N+](=O)[O-])cc2c1=O)c1ccc(F)cc1F. The number of rotatable bonds is 5. The van der Waals surface area contributed by atoms with Crippen LogP contribution in [0.3, 0.4) is 0 Å². The highest BCUT2D eigenvalue weighted by atomic mass is 19.1. The molecule has 1 atom stereocenters. The molecule has 1 aromatic heterocycles. The number of non-ortho nitro benzene ring substituents is 1. The number of nitro groups is 1. The molecule has 0 bridgehead atoms. The first-order valence-electron chi connectivity index (χ1n) is 8.14. The maximum atomic E-state index is 13.8. The van der Waals surface area contributed by atoms with Gasteiger partial charge >= 0.3 is 0 Å². The van der Waals surface area contributed by atoms with Gasteiger partial charge in [-0.05, 0) is 19.1 Å². The zero-order chi connectivity index (χ0) is 20.4. The van der Waals surface area contributed by atoms with Gasteiger partial charge in [0.15, 0.2) is 0 Å². The Kier molecular flexibility index (Phi) is 5.12. The first-order chi connectivity index (χ1) is 13.3. The van der Waals surface area contributed by atoms with Crippen LogP contribution in [0.2, 0.25) is 0 Å². The van der Waals surface area contributed by atoms with Crippen LogP contribution >= 0.6 is 0 Å². The summed E-state index contributed by atoms with van der Waals surface area (Å²) >= 11 is 0. The molecule has 0 fully saturated rings. The van der Waals surface area contributed by atoms with Crippen LogP contribution in [0.1, 0.15) is 18.5 Å². The van der Waals surface area contributed by atoms with E-state index in [9.17, 15) is 28.5 Å². The largest absolute Gasteiger partial charge is 0.348 e. The predicted molar refractivity (Wildman–Crippen MR) is 95.6 cm³/mol. The van der Waals surface area contributed by atoms with E-state index in [0.29, 0.717) is 6.07 Å². The van der Waals surface area contributed by atoms with Crippen molar-refractivity contribution >= 4 is 22.5 Å². The van der Waals surface area contributed by atoms with Crippen molar-refractivity contribution < 1.29 is 18.5 Å².